The Balaban J connectivity index is 1.62. The van der Waals surface area contributed by atoms with Crippen LogP contribution in [-0.4, -0.2) is 13.4 Å². The van der Waals surface area contributed by atoms with Gasteiger partial charge in [-0.25, -0.2) is 13.4 Å². The first-order valence-corrected chi connectivity index (χ1v) is 11.1. The molecular weight excluding hydrogens is 452 g/mol. The number of aromatic nitrogens is 1. The lowest BCUT2D eigenvalue weighted by Crippen LogP contribution is -2.14. The number of rotatable bonds is 5. The van der Waals surface area contributed by atoms with Crippen molar-refractivity contribution in [2.75, 3.05) is 4.72 Å². The summed E-state index contributed by atoms with van der Waals surface area (Å²) in [6.45, 7) is 1.76. The highest BCUT2D eigenvalue weighted by Gasteiger charge is 2.18. The van der Waals surface area contributed by atoms with Crippen molar-refractivity contribution in [3.8, 4) is 22.7 Å². The van der Waals surface area contributed by atoms with Gasteiger partial charge in [0.2, 0.25) is 5.89 Å². The summed E-state index contributed by atoms with van der Waals surface area (Å²) in [4.78, 5) is 4.75. The molecule has 1 aromatic heterocycles. The predicted octanol–water partition coefficient (Wildman–Crippen LogP) is 5.88. The number of anilines is 1. The number of hydrogen-bond acceptors (Lipinski definition) is 4. The molecule has 0 atom stereocenters. The maximum atomic E-state index is 12.8. The van der Waals surface area contributed by atoms with Crippen molar-refractivity contribution in [3.05, 3.63) is 89.1 Å². The second kappa shape index (κ2) is 7.85. The molecule has 29 heavy (non-hydrogen) atoms. The maximum Gasteiger partial charge on any atom is 0.262 e. The molecule has 0 bridgehead atoms. The highest BCUT2D eigenvalue weighted by Crippen LogP contribution is 2.28. The molecule has 0 spiro atoms. The third-order valence-electron chi connectivity index (χ3n) is 4.36. The molecule has 0 aliphatic rings. The number of oxazole rings is 1. The van der Waals surface area contributed by atoms with Gasteiger partial charge in [0.05, 0.1) is 4.90 Å². The maximum absolute atomic E-state index is 12.8. The van der Waals surface area contributed by atoms with Crippen LogP contribution < -0.4 is 4.72 Å². The molecule has 1 N–H and O–H groups in total. The van der Waals surface area contributed by atoms with E-state index in [0.717, 1.165) is 15.7 Å². The number of sulfonamides is 1. The van der Waals surface area contributed by atoms with E-state index in [1.165, 1.54) is 0 Å². The molecule has 0 aliphatic carbocycles. The first-order chi connectivity index (χ1) is 13.9. The Morgan fingerprint density at radius 3 is 2.45 bits per heavy atom. The molecule has 4 rings (SSSR count). The van der Waals surface area contributed by atoms with E-state index < -0.39 is 10.0 Å². The molecule has 0 saturated heterocycles. The van der Waals surface area contributed by atoms with E-state index in [1.807, 2.05) is 36.4 Å². The smallest absolute Gasteiger partial charge is 0.262 e. The van der Waals surface area contributed by atoms with E-state index in [1.54, 1.807) is 49.6 Å². The third kappa shape index (κ3) is 4.26. The second-order valence-electron chi connectivity index (χ2n) is 6.50. The van der Waals surface area contributed by atoms with Crippen molar-refractivity contribution in [2.45, 2.75) is 11.8 Å². The highest BCUT2D eigenvalue weighted by molar-refractivity contribution is 9.10. The van der Waals surface area contributed by atoms with Gasteiger partial charge in [-0.1, -0.05) is 52.3 Å². The van der Waals surface area contributed by atoms with Gasteiger partial charge in [-0.15, -0.1) is 0 Å². The highest BCUT2D eigenvalue weighted by atomic mass is 79.9. The number of aryl methyl sites for hydroxylation is 1. The molecule has 0 unspecified atom stereocenters. The van der Waals surface area contributed by atoms with Crippen molar-refractivity contribution < 1.29 is 12.8 Å². The average molecular weight is 469 g/mol. The van der Waals surface area contributed by atoms with E-state index in [2.05, 4.69) is 25.6 Å². The summed E-state index contributed by atoms with van der Waals surface area (Å²) in [5, 5.41) is 0. The second-order valence-corrected chi connectivity index (χ2v) is 9.07. The number of nitrogens with zero attached hydrogens (tertiary/aromatic N) is 1. The fourth-order valence-corrected chi connectivity index (χ4v) is 4.74. The molecule has 0 radical (unpaired) electrons. The predicted molar refractivity (Wildman–Crippen MR) is 117 cm³/mol. The van der Waals surface area contributed by atoms with Crippen LogP contribution in [0, 0.1) is 6.92 Å². The van der Waals surface area contributed by atoms with E-state index in [4.69, 9.17) is 4.42 Å². The van der Waals surface area contributed by atoms with Crippen LogP contribution in [-0.2, 0) is 10.0 Å². The van der Waals surface area contributed by atoms with Crippen LogP contribution in [0.1, 0.15) is 5.56 Å². The monoisotopic (exact) mass is 468 g/mol. The average Bonchev–Trinajstić information content (AvgIpc) is 3.18. The van der Waals surface area contributed by atoms with E-state index in [-0.39, 0.29) is 4.90 Å². The molecule has 1 heterocycles. The molecule has 146 valence electrons. The number of hydrogen-bond donors (Lipinski definition) is 1. The molecular formula is C22H17BrN2O3S. The lowest BCUT2D eigenvalue weighted by Gasteiger charge is -2.11. The number of halogens is 1. The summed E-state index contributed by atoms with van der Waals surface area (Å²) < 4.78 is 34.7. The minimum absolute atomic E-state index is 0.230. The quantitative estimate of drug-likeness (QED) is 0.396. The van der Waals surface area contributed by atoms with Crippen LogP contribution in [0.3, 0.4) is 0 Å². The molecule has 0 amide bonds. The Morgan fingerprint density at radius 2 is 1.69 bits per heavy atom. The Hall–Kier alpha value is -2.90. The fourth-order valence-electron chi connectivity index (χ4n) is 2.99. The Kier molecular flexibility index (Phi) is 5.25. The van der Waals surface area contributed by atoms with E-state index in [0.29, 0.717) is 22.7 Å². The first kappa shape index (κ1) is 19.4. The van der Waals surface area contributed by atoms with Gasteiger partial charge < -0.3 is 4.42 Å². The number of benzene rings is 3. The summed E-state index contributed by atoms with van der Waals surface area (Å²) in [6, 6.07) is 21.7. The molecule has 0 aliphatic heterocycles. The largest absolute Gasteiger partial charge is 0.444 e. The topological polar surface area (TPSA) is 72.2 Å². The summed E-state index contributed by atoms with van der Waals surface area (Å²) in [6.07, 6.45) is 1.59. The van der Waals surface area contributed by atoms with Crippen LogP contribution >= 0.6 is 15.9 Å². The van der Waals surface area contributed by atoms with Crippen LogP contribution in [0.5, 0.6) is 0 Å². The van der Waals surface area contributed by atoms with Gasteiger partial charge >= 0.3 is 0 Å². The SMILES string of the molecule is Cc1cc(Br)ccc1S(=O)(=O)Nc1cccc(-c2nc(-c3ccccc3)co2)c1. The molecule has 0 saturated carbocycles. The number of nitrogens with one attached hydrogen (secondary N) is 1. The zero-order chi connectivity index (χ0) is 20.4. The Bertz CT molecular complexity index is 1270. The van der Waals surface area contributed by atoms with Crippen LogP contribution in [0.15, 0.2) is 92.8 Å². The van der Waals surface area contributed by atoms with Crippen molar-refractivity contribution in [1.82, 2.24) is 4.98 Å². The summed E-state index contributed by atoms with van der Waals surface area (Å²) >= 11 is 3.35. The van der Waals surface area contributed by atoms with E-state index in [9.17, 15) is 8.42 Å². The zero-order valence-corrected chi connectivity index (χ0v) is 17.9. The van der Waals surface area contributed by atoms with Gasteiger partial charge in [0.25, 0.3) is 10.0 Å². The van der Waals surface area contributed by atoms with Gasteiger partial charge in [0.15, 0.2) is 0 Å². The van der Waals surface area contributed by atoms with Gasteiger partial charge in [-0.2, -0.15) is 0 Å². The normalized spacial score (nSPS) is 11.4. The van der Waals surface area contributed by atoms with Crippen molar-refractivity contribution in [2.24, 2.45) is 0 Å². The lowest BCUT2D eigenvalue weighted by atomic mass is 10.2. The Morgan fingerprint density at radius 1 is 0.931 bits per heavy atom. The summed E-state index contributed by atoms with van der Waals surface area (Å²) in [5.74, 6) is 0.421. The first-order valence-electron chi connectivity index (χ1n) is 8.83. The molecule has 3 aromatic carbocycles. The van der Waals surface area contributed by atoms with Crippen LogP contribution in [0.2, 0.25) is 0 Å². The van der Waals surface area contributed by atoms with Gasteiger partial charge in [0.1, 0.15) is 12.0 Å². The van der Waals surface area contributed by atoms with Crippen molar-refractivity contribution in [1.29, 1.82) is 0 Å². The van der Waals surface area contributed by atoms with Gasteiger partial charge in [-0.3, -0.25) is 4.72 Å². The van der Waals surface area contributed by atoms with Crippen molar-refractivity contribution in [3.63, 3.8) is 0 Å². The van der Waals surface area contributed by atoms with Gasteiger partial charge in [-0.05, 0) is 48.9 Å². The summed E-state index contributed by atoms with van der Waals surface area (Å²) in [7, 11) is -3.72. The third-order valence-corrected chi connectivity index (χ3v) is 6.40. The van der Waals surface area contributed by atoms with Crippen LogP contribution in [0.4, 0.5) is 5.69 Å². The standard InChI is InChI=1S/C22H17BrN2O3S/c1-15-12-18(23)10-11-21(15)29(26,27)25-19-9-5-8-17(13-19)22-24-20(14-28-22)16-6-3-2-4-7-16/h2-14,25H,1H3. The minimum atomic E-state index is -3.72. The molecule has 5 nitrogen and oxygen atoms in total. The van der Waals surface area contributed by atoms with Crippen LogP contribution in [0.25, 0.3) is 22.7 Å². The van der Waals surface area contributed by atoms with Crippen molar-refractivity contribution >= 4 is 31.6 Å². The molecule has 4 aromatic rings. The molecule has 0 fully saturated rings. The summed E-state index contributed by atoms with van der Waals surface area (Å²) in [5.41, 5.74) is 3.44. The Labute approximate surface area is 177 Å². The lowest BCUT2D eigenvalue weighted by molar-refractivity contribution is 0.575. The molecule has 7 heteroatoms. The van der Waals surface area contributed by atoms with E-state index >= 15 is 0 Å². The zero-order valence-electron chi connectivity index (χ0n) is 15.5. The van der Waals surface area contributed by atoms with Gasteiger partial charge in [0, 0.05) is 21.3 Å². The fraction of sp³-hybridized carbons (Fsp3) is 0.0455. The minimum Gasteiger partial charge on any atom is -0.444 e.